The molecule has 0 aliphatic carbocycles. The Balaban J connectivity index is 1.90. The molecule has 1 aromatic heterocycles. The minimum atomic E-state index is -0.886. The molecule has 0 saturated heterocycles. The highest BCUT2D eigenvalue weighted by Crippen LogP contribution is 2.18. The van der Waals surface area contributed by atoms with Crippen molar-refractivity contribution in [1.82, 2.24) is 20.6 Å². The Hall–Kier alpha value is -3.47. The average molecular weight is 447 g/mol. The molecule has 1 aromatic carbocycles. The number of nitrogens with zero attached hydrogens (tertiary/aromatic N) is 2. The molecule has 0 saturated carbocycles. The molecule has 0 radical (unpaired) electrons. The number of hydrogen-bond acceptors (Lipinski definition) is 8. The van der Waals surface area contributed by atoms with Gasteiger partial charge < -0.3 is 31.1 Å². The molecule has 2 rings (SSSR count). The summed E-state index contributed by atoms with van der Waals surface area (Å²) in [5, 5.41) is 21.1. The standard InChI is InChI=1S/C20H26N6O4S/c1-2-30-18(29)15-13-24-19(25-14-7-4-3-5-8-14)26-17(15)21-10-6-11-22-20(31)23-12-9-16(27)28/h3-5,7-8,13H,2,6,9-12H2,1H3,(H,27,28)(H2,22,23,31)(H2,21,24,25,26). The van der Waals surface area contributed by atoms with E-state index in [0.717, 1.165) is 5.69 Å². The molecule has 0 unspecified atom stereocenters. The second kappa shape index (κ2) is 13.0. The molecule has 5 N–H and O–H groups in total. The van der Waals surface area contributed by atoms with Gasteiger partial charge in [0.25, 0.3) is 0 Å². The van der Waals surface area contributed by atoms with Gasteiger partial charge in [-0.25, -0.2) is 9.78 Å². The summed E-state index contributed by atoms with van der Waals surface area (Å²) in [6, 6.07) is 9.46. The molecule has 0 spiro atoms. The highest BCUT2D eigenvalue weighted by Gasteiger charge is 2.16. The van der Waals surface area contributed by atoms with Gasteiger partial charge in [-0.05, 0) is 37.7 Å². The lowest BCUT2D eigenvalue weighted by Gasteiger charge is -2.13. The first-order valence-electron chi connectivity index (χ1n) is 9.83. The number of esters is 1. The van der Waals surface area contributed by atoms with Crippen LogP contribution in [0.2, 0.25) is 0 Å². The van der Waals surface area contributed by atoms with Gasteiger partial charge >= 0.3 is 11.9 Å². The van der Waals surface area contributed by atoms with E-state index in [1.807, 2.05) is 30.3 Å². The van der Waals surface area contributed by atoms with Crippen molar-refractivity contribution < 1.29 is 19.4 Å². The Bertz CT molecular complexity index is 881. The van der Waals surface area contributed by atoms with Gasteiger partial charge in [0.1, 0.15) is 11.4 Å². The summed E-state index contributed by atoms with van der Waals surface area (Å²) < 4.78 is 5.08. The average Bonchev–Trinajstić information content (AvgIpc) is 2.74. The lowest BCUT2D eigenvalue weighted by Crippen LogP contribution is -2.37. The first-order chi connectivity index (χ1) is 15.0. The largest absolute Gasteiger partial charge is 0.481 e. The number of carboxylic acid groups (broad SMARTS) is 1. The predicted octanol–water partition coefficient (Wildman–Crippen LogP) is 2.14. The van der Waals surface area contributed by atoms with Crippen LogP contribution in [0.4, 0.5) is 17.5 Å². The second-order valence-corrected chi connectivity index (χ2v) is 6.68. The zero-order valence-corrected chi connectivity index (χ0v) is 18.0. The number of thiocarbonyl (C=S) groups is 1. The minimum absolute atomic E-state index is 0.00687. The van der Waals surface area contributed by atoms with Crippen molar-refractivity contribution in [2.75, 3.05) is 36.9 Å². The third-order valence-corrected chi connectivity index (χ3v) is 4.16. The molecule has 2 aromatic rings. The molecule has 0 fully saturated rings. The topological polar surface area (TPSA) is 138 Å². The van der Waals surface area contributed by atoms with E-state index in [4.69, 9.17) is 22.1 Å². The van der Waals surface area contributed by atoms with Gasteiger partial charge in [0.05, 0.1) is 13.0 Å². The first kappa shape index (κ1) is 23.8. The normalized spacial score (nSPS) is 10.1. The van der Waals surface area contributed by atoms with E-state index in [2.05, 4.69) is 31.2 Å². The van der Waals surface area contributed by atoms with Crippen molar-refractivity contribution in [2.45, 2.75) is 19.8 Å². The number of carbonyl (C=O) groups is 2. The number of hydrogen-bond donors (Lipinski definition) is 5. The molecular formula is C20H26N6O4S. The van der Waals surface area contributed by atoms with Gasteiger partial charge in [-0.2, -0.15) is 4.98 Å². The Morgan fingerprint density at radius 1 is 1.13 bits per heavy atom. The highest BCUT2D eigenvalue weighted by molar-refractivity contribution is 7.80. The van der Waals surface area contributed by atoms with Crippen LogP contribution in [0.25, 0.3) is 0 Å². The molecule has 166 valence electrons. The van der Waals surface area contributed by atoms with E-state index >= 15 is 0 Å². The smallest absolute Gasteiger partial charge is 0.343 e. The molecule has 10 nitrogen and oxygen atoms in total. The summed E-state index contributed by atoms with van der Waals surface area (Å²) in [4.78, 5) is 31.3. The van der Waals surface area contributed by atoms with Crippen LogP contribution in [0.3, 0.4) is 0 Å². The van der Waals surface area contributed by atoms with Crippen molar-refractivity contribution in [2.24, 2.45) is 0 Å². The monoisotopic (exact) mass is 446 g/mol. The fourth-order valence-electron chi connectivity index (χ4n) is 2.43. The van der Waals surface area contributed by atoms with Gasteiger partial charge in [0, 0.05) is 31.5 Å². The summed E-state index contributed by atoms with van der Waals surface area (Å²) in [6.45, 7) is 3.31. The molecule has 0 aliphatic heterocycles. The van der Waals surface area contributed by atoms with E-state index < -0.39 is 11.9 Å². The number of para-hydroxylation sites is 1. The van der Waals surface area contributed by atoms with Crippen LogP contribution in [0.15, 0.2) is 36.5 Å². The van der Waals surface area contributed by atoms with Gasteiger partial charge in [-0.1, -0.05) is 18.2 Å². The maximum atomic E-state index is 12.2. The third kappa shape index (κ3) is 8.83. The molecule has 0 bridgehead atoms. The number of benzene rings is 1. The Morgan fingerprint density at radius 2 is 1.87 bits per heavy atom. The maximum absolute atomic E-state index is 12.2. The molecule has 0 aliphatic rings. The Morgan fingerprint density at radius 3 is 2.58 bits per heavy atom. The van der Waals surface area contributed by atoms with Crippen LogP contribution in [-0.4, -0.2) is 58.4 Å². The fraction of sp³-hybridized carbons (Fsp3) is 0.350. The number of carboxylic acids is 1. The summed E-state index contributed by atoms with van der Waals surface area (Å²) >= 11 is 5.09. The van der Waals surface area contributed by atoms with Crippen molar-refractivity contribution in [3.63, 3.8) is 0 Å². The third-order valence-electron chi connectivity index (χ3n) is 3.87. The summed E-state index contributed by atoms with van der Waals surface area (Å²) in [6.07, 6.45) is 2.10. The molecule has 31 heavy (non-hydrogen) atoms. The van der Waals surface area contributed by atoms with Crippen LogP contribution in [-0.2, 0) is 9.53 Å². The predicted molar refractivity (Wildman–Crippen MR) is 122 cm³/mol. The van der Waals surface area contributed by atoms with Gasteiger partial charge in [-0.3, -0.25) is 4.79 Å². The number of anilines is 3. The fourth-order valence-corrected chi connectivity index (χ4v) is 2.63. The first-order valence-corrected chi connectivity index (χ1v) is 10.2. The van der Waals surface area contributed by atoms with E-state index in [0.29, 0.717) is 36.4 Å². The summed E-state index contributed by atoms with van der Waals surface area (Å²) in [7, 11) is 0. The van der Waals surface area contributed by atoms with E-state index in [1.165, 1.54) is 6.20 Å². The number of carbonyl (C=O) groups excluding carboxylic acids is 1. The van der Waals surface area contributed by atoms with Crippen LogP contribution < -0.4 is 21.3 Å². The minimum Gasteiger partial charge on any atom is -0.481 e. The van der Waals surface area contributed by atoms with Crippen LogP contribution in [0, 0.1) is 0 Å². The summed E-state index contributed by atoms with van der Waals surface area (Å²) in [5.74, 6) is -0.668. The van der Waals surface area contributed by atoms with Gasteiger partial charge in [-0.15, -0.1) is 0 Å². The zero-order chi connectivity index (χ0) is 22.5. The van der Waals surface area contributed by atoms with Crippen LogP contribution >= 0.6 is 12.2 Å². The maximum Gasteiger partial charge on any atom is 0.343 e. The molecule has 11 heteroatoms. The highest BCUT2D eigenvalue weighted by atomic mass is 32.1. The molecule has 0 atom stereocenters. The zero-order valence-electron chi connectivity index (χ0n) is 17.2. The summed E-state index contributed by atoms with van der Waals surface area (Å²) in [5.41, 5.74) is 1.07. The number of rotatable bonds is 12. The van der Waals surface area contributed by atoms with Crippen molar-refractivity contribution in [3.8, 4) is 0 Å². The van der Waals surface area contributed by atoms with Gasteiger partial charge in [0.15, 0.2) is 5.11 Å². The Labute approximate surface area is 185 Å². The lowest BCUT2D eigenvalue weighted by molar-refractivity contribution is -0.136. The molecule has 0 amide bonds. The van der Waals surface area contributed by atoms with Crippen molar-refractivity contribution in [1.29, 1.82) is 0 Å². The number of aliphatic carboxylic acids is 1. The second-order valence-electron chi connectivity index (χ2n) is 6.27. The van der Waals surface area contributed by atoms with E-state index in [-0.39, 0.29) is 25.1 Å². The molecule has 1 heterocycles. The number of ether oxygens (including phenoxy) is 1. The SMILES string of the molecule is CCOC(=O)c1cnc(Nc2ccccc2)nc1NCCCNC(=S)NCCC(=O)O. The quantitative estimate of drug-likeness (QED) is 0.186. The van der Waals surface area contributed by atoms with Crippen LogP contribution in [0.5, 0.6) is 0 Å². The number of nitrogens with one attached hydrogen (secondary N) is 4. The van der Waals surface area contributed by atoms with Crippen molar-refractivity contribution >= 4 is 46.7 Å². The number of aromatic nitrogens is 2. The van der Waals surface area contributed by atoms with E-state index in [9.17, 15) is 9.59 Å². The lowest BCUT2D eigenvalue weighted by atomic mass is 10.3. The van der Waals surface area contributed by atoms with Crippen molar-refractivity contribution in [3.05, 3.63) is 42.1 Å². The van der Waals surface area contributed by atoms with E-state index in [1.54, 1.807) is 6.92 Å². The van der Waals surface area contributed by atoms with Gasteiger partial charge in [0.2, 0.25) is 5.95 Å². The molecular weight excluding hydrogens is 420 g/mol. The van der Waals surface area contributed by atoms with Crippen LogP contribution in [0.1, 0.15) is 30.1 Å². The Kier molecular flexibility index (Phi) is 9.95.